The molecule has 0 aliphatic heterocycles. The molecule has 126 valence electrons. The van der Waals surface area contributed by atoms with Crippen molar-refractivity contribution in [2.24, 2.45) is 0 Å². The second-order valence-electron chi connectivity index (χ2n) is 4.98. The zero-order chi connectivity index (χ0) is 16.8. The molecule has 23 heavy (non-hydrogen) atoms. The molecule has 0 fully saturated rings. The Morgan fingerprint density at radius 3 is 2.91 bits per heavy atom. The second kappa shape index (κ2) is 8.16. The van der Waals surface area contributed by atoms with Gasteiger partial charge in [0.1, 0.15) is 5.76 Å². The molecule has 2 aromatic rings. The summed E-state index contributed by atoms with van der Waals surface area (Å²) in [4.78, 5) is 12.1. The number of hydrogen-bond donors (Lipinski definition) is 1. The molecular formula is C15H22N4O3S. The molecule has 0 saturated heterocycles. The standard InChI is InChI=1S/C15H22N4O3S/c1-5-19-13(12-6-8-22-10(12)2)17-18-15(19)23-11(3)14(20)16-7-9-21-4/h6,8,11H,5,7,9H2,1-4H3,(H,16,20)/t11-/m1/s1. The van der Waals surface area contributed by atoms with Gasteiger partial charge in [-0.1, -0.05) is 11.8 Å². The maximum Gasteiger partial charge on any atom is 0.233 e. The zero-order valence-electron chi connectivity index (χ0n) is 13.8. The number of rotatable bonds is 8. The number of aryl methyl sites for hydroxylation is 1. The predicted octanol–water partition coefficient (Wildman–Crippen LogP) is 2.11. The van der Waals surface area contributed by atoms with Crippen molar-refractivity contribution in [2.75, 3.05) is 20.3 Å². The first kappa shape index (κ1) is 17.6. The molecule has 0 aliphatic rings. The Morgan fingerprint density at radius 2 is 2.30 bits per heavy atom. The van der Waals surface area contributed by atoms with Crippen LogP contribution >= 0.6 is 11.8 Å². The van der Waals surface area contributed by atoms with Crippen LogP contribution in [-0.4, -0.2) is 46.2 Å². The monoisotopic (exact) mass is 338 g/mol. The molecule has 2 heterocycles. The van der Waals surface area contributed by atoms with Crippen molar-refractivity contribution < 1.29 is 13.9 Å². The van der Waals surface area contributed by atoms with E-state index in [2.05, 4.69) is 15.5 Å². The molecule has 1 atom stereocenters. The van der Waals surface area contributed by atoms with E-state index in [1.54, 1.807) is 13.4 Å². The fourth-order valence-electron chi connectivity index (χ4n) is 2.11. The SMILES string of the molecule is CCn1c(S[C@H](C)C(=O)NCCOC)nnc1-c1ccoc1C. The summed E-state index contributed by atoms with van der Waals surface area (Å²) in [6, 6.07) is 1.88. The lowest BCUT2D eigenvalue weighted by Gasteiger charge is -2.12. The second-order valence-corrected chi connectivity index (χ2v) is 6.29. The first-order chi connectivity index (χ1) is 11.1. The van der Waals surface area contributed by atoms with Crippen LogP contribution in [0.5, 0.6) is 0 Å². The smallest absolute Gasteiger partial charge is 0.233 e. The van der Waals surface area contributed by atoms with Gasteiger partial charge in [0.25, 0.3) is 0 Å². The highest BCUT2D eigenvalue weighted by molar-refractivity contribution is 8.00. The minimum atomic E-state index is -0.264. The summed E-state index contributed by atoms with van der Waals surface area (Å²) in [5, 5.41) is 11.8. The quantitative estimate of drug-likeness (QED) is 0.586. The number of carbonyl (C=O) groups is 1. The molecule has 8 heteroatoms. The maximum absolute atomic E-state index is 12.1. The molecule has 0 bridgehead atoms. The van der Waals surface area contributed by atoms with Gasteiger partial charge < -0.3 is 19.0 Å². The molecule has 2 rings (SSSR count). The van der Waals surface area contributed by atoms with Crippen molar-refractivity contribution in [3.63, 3.8) is 0 Å². The normalized spacial score (nSPS) is 12.3. The van der Waals surface area contributed by atoms with Crippen LogP contribution < -0.4 is 5.32 Å². The Labute approximate surface area is 139 Å². The Balaban J connectivity index is 2.10. The van der Waals surface area contributed by atoms with E-state index in [0.29, 0.717) is 19.7 Å². The molecule has 0 radical (unpaired) electrons. The number of nitrogens with zero attached hydrogens (tertiary/aromatic N) is 3. The van der Waals surface area contributed by atoms with Gasteiger partial charge in [0.15, 0.2) is 11.0 Å². The predicted molar refractivity (Wildman–Crippen MR) is 88.3 cm³/mol. The van der Waals surface area contributed by atoms with Gasteiger partial charge in [0.2, 0.25) is 5.91 Å². The van der Waals surface area contributed by atoms with Gasteiger partial charge in [-0.3, -0.25) is 4.79 Å². The van der Waals surface area contributed by atoms with Crippen molar-refractivity contribution in [1.29, 1.82) is 0 Å². The lowest BCUT2D eigenvalue weighted by Crippen LogP contribution is -2.33. The molecule has 0 aromatic carbocycles. The fourth-order valence-corrected chi connectivity index (χ4v) is 3.05. The first-order valence-corrected chi connectivity index (χ1v) is 8.37. The van der Waals surface area contributed by atoms with E-state index < -0.39 is 0 Å². The highest BCUT2D eigenvalue weighted by Crippen LogP contribution is 2.28. The average Bonchev–Trinajstić information content (AvgIpc) is 3.12. The van der Waals surface area contributed by atoms with E-state index in [1.807, 2.05) is 31.4 Å². The Hall–Kier alpha value is -1.80. The number of hydrogen-bond acceptors (Lipinski definition) is 6. The Kier molecular flexibility index (Phi) is 6.23. The average molecular weight is 338 g/mol. The topological polar surface area (TPSA) is 82.2 Å². The number of furan rings is 1. The van der Waals surface area contributed by atoms with Crippen LogP contribution in [0.1, 0.15) is 19.6 Å². The van der Waals surface area contributed by atoms with Crippen LogP contribution in [0.2, 0.25) is 0 Å². The number of carbonyl (C=O) groups excluding carboxylic acids is 1. The van der Waals surface area contributed by atoms with Crippen molar-refractivity contribution in [3.8, 4) is 11.4 Å². The highest BCUT2D eigenvalue weighted by Gasteiger charge is 2.21. The molecule has 1 amide bonds. The largest absolute Gasteiger partial charge is 0.469 e. The van der Waals surface area contributed by atoms with Crippen molar-refractivity contribution in [2.45, 2.75) is 37.7 Å². The van der Waals surface area contributed by atoms with E-state index in [4.69, 9.17) is 9.15 Å². The number of thioether (sulfide) groups is 1. The minimum absolute atomic E-state index is 0.0428. The number of nitrogens with one attached hydrogen (secondary N) is 1. The van der Waals surface area contributed by atoms with E-state index >= 15 is 0 Å². The number of ether oxygens (including phenoxy) is 1. The van der Waals surface area contributed by atoms with Gasteiger partial charge >= 0.3 is 0 Å². The molecule has 7 nitrogen and oxygen atoms in total. The molecule has 0 spiro atoms. The molecular weight excluding hydrogens is 316 g/mol. The van der Waals surface area contributed by atoms with Gasteiger partial charge in [-0.05, 0) is 26.8 Å². The summed E-state index contributed by atoms with van der Waals surface area (Å²) in [5.41, 5.74) is 0.920. The van der Waals surface area contributed by atoms with Crippen LogP contribution in [0, 0.1) is 6.92 Å². The summed E-state index contributed by atoms with van der Waals surface area (Å²) < 4.78 is 12.3. The number of methoxy groups -OCH3 is 1. The van der Waals surface area contributed by atoms with Crippen molar-refractivity contribution in [3.05, 3.63) is 18.1 Å². The van der Waals surface area contributed by atoms with Crippen LogP contribution in [0.15, 0.2) is 21.9 Å². The number of aromatic nitrogens is 3. The van der Waals surface area contributed by atoms with Crippen LogP contribution in [0.4, 0.5) is 0 Å². The third-order valence-electron chi connectivity index (χ3n) is 3.39. The Morgan fingerprint density at radius 1 is 1.52 bits per heavy atom. The van der Waals surface area contributed by atoms with Gasteiger partial charge in [-0.2, -0.15) is 0 Å². The van der Waals surface area contributed by atoms with Gasteiger partial charge in [0.05, 0.1) is 23.7 Å². The Bertz CT molecular complexity index is 653. The summed E-state index contributed by atoms with van der Waals surface area (Å²) in [5.74, 6) is 1.51. The molecule has 0 aliphatic carbocycles. The third-order valence-corrected chi connectivity index (χ3v) is 4.47. The van der Waals surface area contributed by atoms with Gasteiger partial charge in [-0.15, -0.1) is 10.2 Å². The molecule has 0 unspecified atom stereocenters. The maximum atomic E-state index is 12.1. The van der Waals surface area contributed by atoms with E-state index in [0.717, 1.165) is 22.3 Å². The highest BCUT2D eigenvalue weighted by atomic mass is 32.2. The lowest BCUT2D eigenvalue weighted by molar-refractivity contribution is -0.120. The van der Waals surface area contributed by atoms with Crippen LogP contribution in [-0.2, 0) is 16.1 Å². The lowest BCUT2D eigenvalue weighted by atomic mass is 10.2. The minimum Gasteiger partial charge on any atom is -0.469 e. The van der Waals surface area contributed by atoms with E-state index in [-0.39, 0.29) is 11.2 Å². The molecule has 2 aromatic heterocycles. The summed E-state index contributed by atoms with van der Waals surface area (Å²) in [7, 11) is 1.60. The van der Waals surface area contributed by atoms with E-state index in [9.17, 15) is 4.79 Å². The van der Waals surface area contributed by atoms with Gasteiger partial charge in [-0.25, -0.2) is 0 Å². The van der Waals surface area contributed by atoms with Crippen molar-refractivity contribution in [1.82, 2.24) is 20.1 Å². The third kappa shape index (κ3) is 4.14. The summed E-state index contributed by atoms with van der Waals surface area (Å²) in [6.07, 6.45) is 1.64. The number of amides is 1. The van der Waals surface area contributed by atoms with Gasteiger partial charge in [0, 0.05) is 20.2 Å². The fraction of sp³-hybridized carbons (Fsp3) is 0.533. The summed E-state index contributed by atoms with van der Waals surface area (Å²) in [6.45, 7) is 7.48. The van der Waals surface area contributed by atoms with Crippen molar-refractivity contribution >= 4 is 17.7 Å². The molecule has 1 N–H and O–H groups in total. The van der Waals surface area contributed by atoms with Crippen LogP contribution in [0.3, 0.4) is 0 Å². The zero-order valence-corrected chi connectivity index (χ0v) is 14.6. The first-order valence-electron chi connectivity index (χ1n) is 7.49. The van der Waals surface area contributed by atoms with E-state index in [1.165, 1.54) is 11.8 Å². The summed E-state index contributed by atoms with van der Waals surface area (Å²) >= 11 is 1.39. The van der Waals surface area contributed by atoms with Crippen LogP contribution in [0.25, 0.3) is 11.4 Å². The molecule has 0 saturated carbocycles.